The van der Waals surface area contributed by atoms with E-state index in [0.717, 1.165) is 26.0 Å². The van der Waals surface area contributed by atoms with Gasteiger partial charge in [-0.25, -0.2) is 0 Å². The van der Waals surface area contributed by atoms with Crippen LogP contribution in [0.3, 0.4) is 0 Å². The van der Waals surface area contributed by atoms with Crippen LogP contribution >= 0.6 is 0 Å². The molecule has 2 nitrogen and oxygen atoms in total. The van der Waals surface area contributed by atoms with Crippen LogP contribution in [0.5, 0.6) is 0 Å². The van der Waals surface area contributed by atoms with Crippen LogP contribution in [0.1, 0.15) is 58.2 Å². The molecule has 1 N–H and O–H groups in total. The van der Waals surface area contributed by atoms with Crippen LogP contribution in [0.2, 0.25) is 0 Å². The largest absolute Gasteiger partial charge is 0.377 e. The summed E-state index contributed by atoms with van der Waals surface area (Å²) in [6, 6.07) is 9.18. The molecule has 0 aromatic heterocycles. The summed E-state index contributed by atoms with van der Waals surface area (Å²) in [5.41, 5.74) is 2.71. The van der Waals surface area contributed by atoms with E-state index in [4.69, 9.17) is 4.74 Å². The van der Waals surface area contributed by atoms with Gasteiger partial charge in [-0.3, -0.25) is 0 Å². The average Bonchev–Trinajstić information content (AvgIpc) is 2.44. The molecule has 0 aliphatic rings. The predicted molar refractivity (Wildman–Crippen MR) is 87.1 cm³/mol. The lowest BCUT2D eigenvalue weighted by molar-refractivity contribution is 0.0329. The summed E-state index contributed by atoms with van der Waals surface area (Å²) in [6.07, 6.45) is 2.41. The van der Waals surface area contributed by atoms with Crippen LogP contribution in [0.25, 0.3) is 0 Å². The van der Waals surface area contributed by atoms with Crippen LogP contribution < -0.4 is 5.32 Å². The summed E-state index contributed by atoms with van der Waals surface area (Å²) in [5, 5.41) is 3.55. The third kappa shape index (κ3) is 5.64. The van der Waals surface area contributed by atoms with Crippen molar-refractivity contribution in [2.75, 3.05) is 13.2 Å². The molecule has 1 rings (SSSR count). The quantitative estimate of drug-likeness (QED) is 0.724. The number of hydrogen-bond acceptors (Lipinski definition) is 2. The Morgan fingerprint density at radius 2 is 1.70 bits per heavy atom. The number of ether oxygens (including phenoxy) is 1. The van der Waals surface area contributed by atoms with Crippen LogP contribution in [0.4, 0.5) is 0 Å². The molecule has 0 radical (unpaired) electrons. The summed E-state index contributed by atoms with van der Waals surface area (Å²) >= 11 is 0. The van der Waals surface area contributed by atoms with Crippen molar-refractivity contribution in [3.05, 3.63) is 35.4 Å². The van der Waals surface area contributed by atoms with E-state index in [1.807, 2.05) is 0 Å². The molecule has 0 saturated heterocycles. The van der Waals surface area contributed by atoms with Gasteiger partial charge in [-0.2, -0.15) is 0 Å². The van der Waals surface area contributed by atoms with Gasteiger partial charge in [0.2, 0.25) is 0 Å². The summed E-state index contributed by atoms with van der Waals surface area (Å²) in [4.78, 5) is 0. The van der Waals surface area contributed by atoms with E-state index < -0.39 is 0 Å². The van der Waals surface area contributed by atoms with Crippen molar-refractivity contribution in [3.8, 4) is 0 Å². The zero-order valence-electron chi connectivity index (χ0n) is 13.8. The summed E-state index contributed by atoms with van der Waals surface area (Å²) in [5.74, 6) is 0.698. The lowest BCUT2D eigenvalue weighted by Crippen LogP contribution is -2.32. The Morgan fingerprint density at radius 1 is 1.05 bits per heavy atom. The number of nitrogens with one attached hydrogen (secondary N) is 1. The number of rotatable bonds is 9. The van der Waals surface area contributed by atoms with Crippen LogP contribution in [0.15, 0.2) is 24.3 Å². The molecule has 0 fully saturated rings. The topological polar surface area (TPSA) is 21.3 Å². The van der Waals surface area contributed by atoms with E-state index in [0.29, 0.717) is 5.92 Å². The van der Waals surface area contributed by atoms with Gasteiger partial charge in [0.25, 0.3) is 0 Å². The van der Waals surface area contributed by atoms with Crippen molar-refractivity contribution in [2.45, 2.75) is 59.6 Å². The maximum Gasteiger partial charge on any atom is 0.0741 e. The normalized spacial score (nSPS) is 14.5. The van der Waals surface area contributed by atoms with E-state index >= 15 is 0 Å². The van der Waals surface area contributed by atoms with E-state index in [9.17, 15) is 0 Å². The molecule has 0 amide bonds. The standard InChI is InChI=1S/C18H31NO/c1-6-16-8-10-17(11-9-16)18(19-7-2)15(5)20-13-12-14(3)4/h8-11,14-15,18-19H,6-7,12-13H2,1-5H3. The maximum atomic E-state index is 6.02. The van der Waals surface area contributed by atoms with Gasteiger partial charge in [0.1, 0.15) is 0 Å². The average molecular weight is 277 g/mol. The number of likely N-dealkylation sites (N-methyl/N-ethyl adjacent to an activating group) is 1. The smallest absolute Gasteiger partial charge is 0.0741 e. The van der Waals surface area contributed by atoms with Crippen molar-refractivity contribution in [2.24, 2.45) is 5.92 Å². The van der Waals surface area contributed by atoms with E-state index in [1.165, 1.54) is 11.1 Å². The fourth-order valence-electron chi connectivity index (χ4n) is 2.32. The minimum absolute atomic E-state index is 0.196. The molecule has 0 saturated carbocycles. The molecule has 2 heteroatoms. The fourth-order valence-corrected chi connectivity index (χ4v) is 2.32. The molecule has 2 unspecified atom stereocenters. The highest BCUT2D eigenvalue weighted by molar-refractivity contribution is 5.25. The van der Waals surface area contributed by atoms with Gasteiger partial charge in [0.15, 0.2) is 0 Å². The Kier molecular flexibility index (Phi) is 7.86. The molecule has 0 aliphatic heterocycles. The highest BCUT2D eigenvalue weighted by Crippen LogP contribution is 2.20. The minimum atomic E-state index is 0.196. The third-order valence-corrected chi connectivity index (χ3v) is 3.72. The molecule has 114 valence electrons. The van der Waals surface area contributed by atoms with Gasteiger partial charge < -0.3 is 10.1 Å². The Bertz CT molecular complexity index is 358. The first-order valence-corrected chi connectivity index (χ1v) is 8.02. The molecule has 1 aromatic rings. The van der Waals surface area contributed by atoms with Gasteiger partial charge in [-0.15, -0.1) is 0 Å². The first-order valence-electron chi connectivity index (χ1n) is 8.02. The van der Waals surface area contributed by atoms with Crippen LogP contribution in [0, 0.1) is 5.92 Å². The van der Waals surface area contributed by atoms with Crippen molar-refractivity contribution in [3.63, 3.8) is 0 Å². The second-order valence-corrected chi connectivity index (χ2v) is 5.89. The predicted octanol–water partition coefficient (Wildman–Crippen LogP) is 4.35. The van der Waals surface area contributed by atoms with E-state index in [-0.39, 0.29) is 12.1 Å². The maximum absolute atomic E-state index is 6.02. The molecule has 2 atom stereocenters. The van der Waals surface area contributed by atoms with Gasteiger partial charge in [0, 0.05) is 6.61 Å². The first-order chi connectivity index (χ1) is 9.58. The second-order valence-electron chi connectivity index (χ2n) is 5.89. The Hall–Kier alpha value is -0.860. The zero-order chi connectivity index (χ0) is 15.0. The van der Waals surface area contributed by atoms with E-state index in [1.54, 1.807) is 0 Å². The van der Waals surface area contributed by atoms with Gasteiger partial charge in [-0.1, -0.05) is 52.0 Å². The van der Waals surface area contributed by atoms with E-state index in [2.05, 4.69) is 64.2 Å². The summed E-state index contributed by atoms with van der Waals surface area (Å²) in [6.45, 7) is 12.8. The van der Waals surface area contributed by atoms with Gasteiger partial charge in [-0.05, 0) is 43.4 Å². The zero-order valence-corrected chi connectivity index (χ0v) is 13.8. The number of hydrogen-bond donors (Lipinski definition) is 1. The van der Waals surface area contributed by atoms with Crippen LogP contribution in [-0.4, -0.2) is 19.3 Å². The van der Waals surface area contributed by atoms with Gasteiger partial charge in [0.05, 0.1) is 12.1 Å². The second kappa shape index (κ2) is 9.15. The molecule has 1 aromatic carbocycles. The summed E-state index contributed by atoms with van der Waals surface area (Å²) < 4.78 is 6.02. The Balaban J connectivity index is 2.65. The molecular weight excluding hydrogens is 246 g/mol. The molecule has 0 bridgehead atoms. The van der Waals surface area contributed by atoms with Crippen molar-refractivity contribution >= 4 is 0 Å². The van der Waals surface area contributed by atoms with Crippen LogP contribution in [-0.2, 0) is 11.2 Å². The highest BCUT2D eigenvalue weighted by Gasteiger charge is 2.18. The highest BCUT2D eigenvalue weighted by atomic mass is 16.5. The molecule has 0 spiro atoms. The SMILES string of the molecule is CCNC(c1ccc(CC)cc1)C(C)OCCC(C)C. The first kappa shape index (κ1) is 17.2. The fraction of sp³-hybridized carbons (Fsp3) is 0.667. The lowest BCUT2D eigenvalue weighted by atomic mass is 10.00. The minimum Gasteiger partial charge on any atom is -0.377 e. The van der Waals surface area contributed by atoms with Crippen molar-refractivity contribution < 1.29 is 4.74 Å². The molecular formula is C18H31NO. The molecule has 20 heavy (non-hydrogen) atoms. The number of aryl methyl sites for hydroxylation is 1. The monoisotopic (exact) mass is 277 g/mol. The van der Waals surface area contributed by atoms with Crippen molar-refractivity contribution in [1.82, 2.24) is 5.32 Å². The molecule has 0 heterocycles. The lowest BCUT2D eigenvalue weighted by Gasteiger charge is -2.26. The Morgan fingerprint density at radius 3 is 2.20 bits per heavy atom. The Labute approximate surface area is 124 Å². The van der Waals surface area contributed by atoms with Crippen molar-refractivity contribution in [1.29, 1.82) is 0 Å². The molecule has 0 aliphatic carbocycles. The third-order valence-electron chi connectivity index (χ3n) is 3.72. The number of benzene rings is 1. The summed E-state index contributed by atoms with van der Waals surface area (Å²) in [7, 11) is 0. The van der Waals surface area contributed by atoms with Gasteiger partial charge >= 0.3 is 0 Å².